The van der Waals surface area contributed by atoms with Gasteiger partial charge in [-0.05, 0) is 42.4 Å². The van der Waals surface area contributed by atoms with E-state index in [4.69, 9.17) is 9.72 Å². The minimum Gasteiger partial charge on any atom is -0.497 e. The molecule has 158 valence electrons. The summed E-state index contributed by atoms with van der Waals surface area (Å²) in [6, 6.07) is 18.7. The molecule has 31 heavy (non-hydrogen) atoms. The number of ether oxygens (including phenoxy) is 1. The van der Waals surface area contributed by atoms with Crippen molar-refractivity contribution in [1.82, 2.24) is 24.8 Å². The highest BCUT2D eigenvalue weighted by atomic mass is 16.5. The van der Waals surface area contributed by atoms with Crippen molar-refractivity contribution in [2.45, 2.75) is 6.54 Å². The number of imidazole rings is 1. The predicted octanol–water partition coefficient (Wildman–Crippen LogP) is 4.05. The quantitative estimate of drug-likeness (QED) is 0.535. The van der Waals surface area contributed by atoms with Crippen LogP contribution in [0.5, 0.6) is 5.75 Å². The van der Waals surface area contributed by atoms with Crippen LogP contribution in [0.2, 0.25) is 0 Å². The Morgan fingerprint density at radius 3 is 2.55 bits per heavy atom. The number of aromatic nitrogens is 3. The van der Waals surface area contributed by atoms with Crippen LogP contribution in [-0.4, -0.2) is 65.1 Å². The van der Waals surface area contributed by atoms with E-state index in [9.17, 15) is 0 Å². The van der Waals surface area contributed by atoms with E-state index in [1.54, 1.807) is 7.11 Å². The van der Waals surface area contributed by atoms with Crippen LogP contribution in [0, 0.1) is 0 Å². The highest BCUT2D eigenvalue weighted by molar-refractivity contribution is 5.91. The molecule has 2 aromatic heterocycles. The number of piperazine rings is 1. The van der Waals surface area contributed by atoms with Crippen LogP contribution in [0.1, 0.15) is 5.56 Å². The molecular weight excluding hydrogens is 386 g/mol. The Balaban J connectivity index is 1.44. The molecule has 3 heterocycles. The highest BCUT2D eigenvalue weighted by Gasteiger charge is 2.15. The van der Waals surface area contributed by atoms with Gasteiger partial charge in [0.2, 0.25) is 0 Å². The van der Waals surface area contributed by atoms with Gasteiger partial charge in [-0.1, -0.05) is 30.3 Å². The van der Waals surface area contributed by atoms with E-state index in [0.29, 0.717) is 0 Å². The Bertz CT molecular complexity index is 1180. The summed E-state index contributed by atoms with van der Waals surface area (Å²) in [4.78, 5) is 17.8. The van der Waals surface area contributed by atoms with Crippen LogP contribution in [-0.2, 0) is 6.54 Å². The van der Waals surface area contributed by atoms with Crippen molar-refractivity contribution >= 4 is 11.2 Å². The normalized spacial score (nSPS) is 15.4. The maximum absolute atomic E-state index is 5.29. The van der Waals surface area contributed by atoms with Gasteiger partial charge in [-0.15, -0.1) is 0 Å². The first-order valence-electron chi connectivity index (χ1n) is 10.7. The summed E-state index contributed by atoms with van der Waals surface area (Å²) in [7, 11) is 3.87. The molecule has 1 saturated heterocycles. The molecule has 0 amide bonds. The van der Waals surface area contributed by atoms with Gasteiger partial charge >= 0.3 is 0 Å². The number of likely N-dealkylation sites (N-methyl/N-ethyl adjacent to an activating group) is 1. The summed E-state index contributed by atoms with van der Waals surface area (Å²) >= 11 is 0. The summed E-state index contributed by atoms with van der Waals surface area (Å²) < 4.78 is 5.29. The molecule has 6 heteroatoms. The molecule has 0 atom stereocenters. The van der Waals surface area contributed by atoms with E-state index in [0.717, 1.165) is 72.2 Å². The van der Waals surface area contributed by atoms with Gasteiger partial charge < -0.3 is 14.6 Å². The summed E-state index contributed by atoms with van der Waals surface area (Å²) in [5.41, 5.74) is 6.23. The molecule has 6 nitrogen and oxygen atoms in total. The molecule has 4 aromatic rings. The van der Waals surface area contributed by atoms with Gasteiger partial charge in [0, 0.05) is 50.0 Å². The highest BCUT2D eigenvalue weighted by Crippen LogP contribution is 2.30. The lowest BCUT2D eigenvalue weighted by Crippen LogP contribution is -2.43. The van der Waals surface area contributed by atoms with Crippen LogP contribution in [0.15, 0.2) is 60.8 Å². The fraction of sp³-hybridized carbons (Fsp3) is 0.280. The number of methoxy groups -OCH3 is 1. The number of benzene rings is 2. The third-order valence-electron chi connectivity index (χ3n) is 5.99. The molecular formula is C25H27N5O. The zero-order valence-corrected chi connectivity index (χ0v) is 18.0. The summed E-state index contributed by atoms with van der Waals surface area (Å²) in [5, 5.41) is 0. The molecule has 2 aromatic carbocycles. The number of hydrogen-bond donors (Lipinski definition) is 1. The maximum Gasteiger partial charge on any atom is 0.158 e. The first-order chi connectivity index (χ1) is 15.2. The zero-order chi connectivity index (χ0) is 21.2. The van der Waals surface area contributed by atoms with E-state index in [1.165, 1.54) is 5.56 Å². The third-order valence-corrected chi connectivity index (χ3v) is 5.99. The monoisotopic (exact) mass is 413 g/mol. The van der Waals surface area contributed by atoms with Crippen molar-refractivity contribution in [3.63, 3.8) is 0 Å². The van der Waals surface area contributed by atoms with Crippen LogP contribution in [0.25, 0.3) is 33.7 Å². The Hall–Kier alpha value is -3.22. The Kier molecular flexibility index (Phi) is 5.40. The smallest absolute Gasteiger partial charge is 0.158 e. The van der Waals surface area contributed by atoms with Crippen LogP contribution in [0.3, 0.4) is 0 Å². The Morgan fingerprint density at radius 1 is 0.968 bits per heavy atom. The van der Waals surface area contributed by atoms with Gasteiger partial charge in [0.25, 0.3) is 0 Å². The third kappa shape index (κ3) is 4.17. The predicted molar refractivity (Wildman–Crippen MR) is 124 cm³/mol. The van der Waals surface area contributed by atoms with Crippen molar-refractivity contribution in [3.05, 3.63) is 66.4 Å². The second-order valence-electron chi connectivity index (χ2n) is 8.15. The summed E-state index contributed by atoms with van der Waals surface area (Å²) in [5.74, 6) is 1.69. The van der Waals surface area contributed by atoms with E-state index < -0.39 is 0 Å². The molecule has 1 aliphatic rings. The number of pyridine rings is 1. The van der Waals surface area contributed by atoms with Crippen LogP contribution in [0.4, 0.5) is 0 Å². The van der Waals surface area contributed by atoms with Crippen molar-refractivity contribution < 1.29 is 4.74 Å². The number of nitrogens with zero attached hydrogens (tertiary/aromatic N) is 4. The first kappa shape index (κ1) is 19.7. The fourth-order valence-corrected chi connectivity index (χ4v) is 4.13. The maximum atomic E-state index is 5.29. The largest absolute Gasteiger partial charge is 0.497 e. The molecule has 5 rings (SSSR count). The van der Waals surface area contributed by atoms with E-state index in [2.05, 4.69) is 63.2 Å². The molecule has 0 radical (unpaired) electrons. The van der Waals surface area contributed by atoms with Crippen molar-refractivity contribution in [2.75, 3.05) is 40.3 Å². The van der Waals surface area contributed by atoms with Gasteiger partial charge in [0.05, 0.1) is 7.11 Å². The van der Waals surface area contributed by atoms with E-state index >= 15 is 0 Å². The molecule has 0 saturated carbocycles. The molecule has 0 unspecified atom stereocenters. The van der Waals surface area contributed by atoms with Crippen LogP contribution < -0.4 is 4.74 Å². The lowest BCUT2D eigenvalue weighted by molar-refractivity contribution is 0.148. The van der Waals surface area contributed by atoms with Crippen molar-refractivity contribution in [3.8, 4) is 28.3 Å². The average Bonchev–Trinajstić information content (AvgIpc) is 3.26. The molecule has 1 fully saturated rings. The molecule has 0 aliphatic carbocycles. The molecule has 1 aliphatic heterocycles. The van der Waals surface area contributed by atoms with Gasteiger partial charge in [-0.2, -0.15) is 0 Å². The average molecular weight is 414 g/mol. The lowest BCUT2D eigenvalue weighted by Gasteiger charge is -2.32. The van der Waals surface area contributed by atoms with Crippen molar-refractivity contribution in [1.29, 1.82) is 0 Å². The number of hydrogen-bond acceptors (Lipinski definition) is 5. The van der Waals surface area contributed by atoms with Crippen LogP contribution >= 0.6 is 0 Å². The standard InChI is InChI=1S/C25H27N5O/c1-29-12-14-30(15-13-29)17-18-4-3-5-20(16-18)24-27-23-22(10-11-26-25(23)28-24)19-6-8-21(31-2)9-7-19/h3-11,16H,12-15,17H2,1-2H3,(H,26,27,28). The van der Waals surface area contributed by atoms with E-state index in [-0.39, 0.29) is 0 Å². The van der Waals surface area contributed by atoms with Crippen molar-refractivity contribution in [2.24, 2.45) is 0 Å². The second-order valence-corrected chi connectivity index (χ2v) is 8.15. The molecule has 1 N–H and O–H groups in total. The number of H-pyrrole nitrogens is 1. The first-order valence-corrected chi connectivity index (χ1v) is 10.7. The summed E-state index contributed by atoms with van der Waals surface area (Å²) in [6.07, 6.45) is 1.83. The van der Waals surface area contributed by atoms with Gasteiger partial charge in [-0.3, -0.25) is 4.90 Å². The number of nitrogens with one attached hydrogen (secondary N) is 1. The molecule has 0 bridgehead atoms. The van der Waals surface area contributed by atoms with E-state index in [1.807, 2.05) is 24.4 Å². The van der Waals surface area contributed by atoms with Gasteiger partial charge in [-0.25, -0.2) is 9.97 Å². The van der Waals surface area contributed by atoms with Gasteiger partial charge in [0.1, 0.15) is 17.1 Å². The number of rotatable bonds is 5. The SMILES string of the molecule is COc1ccc(-c2ccnc3[nH]c(-c4cccc(CN5CCN(C)CC5)c4)nc23)cc1. The van der Waals surface area contributed by atoms with Gasteiger partial charge in [0.15, 0.2) is 5.65 Å². The zero-order valence-electron chi connectivity index (χ0n) is 18.0. The minimum atomic E-state index is 0.799. The fourth-order valence-electron chi connectivity index (χ4n) is 4.13. The lowest BCUT2D eigenvalue weighted by atomic mass is 10.1. The molecule has 0 spiro atoms. The summed E-state index contributed by atoms with van der Waals surface area (Å²) in [6.45, 7) is 5.45. The minimum absolute atomic E-state index is 0.799. The Morgan fingerprint density at radius 2 is 1.77 bits per heavy atom. The Labute approximate surface area is 182 Å². The number of fused-ring (bicyclic) bond motifs is 1. The second kappa shape index (κ2) is 8.49. The number of aromatic amines is 1. The topological polar surface area (TPSA) is 57.3 Å².